The summed E-state index contributed by atoms with van der Waals surface area (Å²) in [7, 11) is 2.66. The summed E-state index contributed by atoms with van der Waals surface area (Å²) >= 11 is 0. The summed E-state index contributed by atoms with van der Waals surface area (Å²) in [5.41, 5.74) is 2.14. The summed E-state index contributed by atoms with van der Waals surface area (Å²) in [6.45, 7) is 4.42. The van der Waals surface area contributed by atoms with Crippen molar-refractivity contribution in [3.05, 3.63) is 5.70 Å². The van der Waals surface area contributed by atoms with Gasteiger partial charge >= 0.3 is 0 Å². The monoisotopic (exact) mass is 188 g/mol. The van der Waals surface area contributed by atoms with Crippen LogP contribution in [0.5, 0.6) is 0 Å². The second kappa shape index (κ2) is 6.70. The smallest absolute Gasteiger partial charge is 0.139 e. The molecule has 0 spiro atoms. The fraction of sp³-hybridized carbons (Fsp3) is 0.714. The summed E-state index contributed by atoms with van der Waals surface area (Å²) in [6.07, 6.45) is 0. The zero-order chi connectivity index (χ0) is 8.69. The molecule has 0 aromatic carbocycles. The molecule has 0 unspecified atom stereocenters. The van der Waals surface area contributed by atoms with Crippen LogP contribution in [0.1, 0.15) is 0 Å². The molecule has 0 saturated carbocycles. The Balaban J connectivity index is 3.76. The zero-order valence-electron chi connectivity index (χ0n) is 7.68. The molecule has 0 saturated heterocycles. The van der Waals surface area contributed by atoms with Gasteiger partial charge in [0.05, 0.1) is 8.41 Å². The number of hydrogen-bond donors (Lipinski definition) is 0. The Labute approximate surface area is 72.3 Å². The van der Waals surface area contributed by atoms with Crippen molar-refractivity contribution in [1.82, 2.24) is 0 Å². The number of rotatable bonds is 4. The first-order valence-corrected chi connectivity index (χ1v) is 7.78. The van der Waals surface area contributed by atoms with Crippen LogP contribution in [0.2, 0.25) is 13.1 Å². The Kier molecular flexibility index (Phi) is 6.70. The quantitative estimate of drug-likeness (QED) is 0.456. The lowest BCUT2D eigenvalue weighted by Crippen LogP contribution is -2.20. The van der Waals surface area contributed by atoms with Crippen molar-refractivity contribution in [3.8, 4) is 0 Å². The standard InChI is InChI=1S/C7H16O2Si2/c1-8-7(9-2)10-5-6-11(3)4/h5,7H,10H2,1-4H3. The molecule has 64 valence electrons. The zero-order valence-corrected chi connectivity index (χ0v) is 10.1. The maximum Gasteiger partial charge on any atom is 0.139 e. The van der Waals surface area contributed by atoms with Gasteiger partial charge in [-0.2, -0.15) is 5.33 Å². The molecule has 0 bridgehead atoms. The number of methoxy groups -OCH3 is 2. The van der Waals surface area contributed by atoms with Crippen molar-refractivity contribution < 1.29 is 9.47 Å². The molecule has 0 aliphatic carbocycles. The Morgan fingerprint density at radius 2 is 1.91 bits per heavy atom. The minimum Gasteiger partial charge on any atom is -0.360 e. The van der Waals surface area contributed by atoms with E-state index in [1.807, 2.05) is 0 Å². The van der Waals surface area contributed by atoms with Gasteiger partial charge < -0.3 is 9.47 Å². The SMILES string of the molecule is COC(OC)[SiH2]C=C=[Si](C)C. The van der Waals surface area contributed by atoms with Crippen molar-refractivity contribution in [3.63, 3.8) is 0 Å². The highest BCUT2D eigenvalue weighted by Gasteiger charge is 2.00. The molecule has 0 aliphatic heterocycles. The summed E-state index contributed by atoms with van der Waals surface area (Å²) in [5, 5.41) is 3.32. The lowest BCUT2D eigenvalue weighted by molar-refractivity contribution is -0.0430. The predicted molar refractivity (Wildman–Crippen MR) is 53.4 cm³/mol. The summed E-state index contributed by atoms with van der Waals surface area (Å²) in [6, 6.07) is 0. The van der Waals surface area contributed by atoms with Gasteiger partial charge in [-0.05, 0) is 13.1 Å². The number of hydrogen-bond acceptors (Lipinski definition) is 2. The maximum absolute atomic E-state index is 5.06. The van der Waals surface area contributed by atoms with Gasteiger partial charge in [0.2, 0.25) is 0 Å². The fourth-order valence-corrected chi connectivity index (χ4v) is 3.33. The lowest BCUT2D eigenvalue weighted by Gasteiger charge is -2.08. The van der Waals surface area contributed by atoms with E-state index < -0.39 is 0 Å². The van der Waals surface area contributed by atoms with Gasteiger partial charge in [-0.25, -0.2) is 0 Å². The summed E-state index contributed by atoms with van der Waals surface area (Å²) < 4.78 is 10.1. The molecular formula is C7H16O2Si2. The van der Waals surface area contributed by atoms with Crippen LogP contribution in [0.4, 0.5) is 0 Å². The summed E-state index contributed by atoms with van der Waals surface area (Å²) in [4.78, 5) is 0. The minimum atomic E-state index is -0.373. The highest BCUT2D eigenvalue weighted by molar-refractivity contribution is 6.65. The lowest BCUT2D eigenvalue weighted by atomic mass is 11.2. The molecule has 0 aromatic heterocycles. The van der Waals surface area contributed by atoms with Gasteiger partial charge in [-0.1, -0.05) is 5.70 Å². The Morgan fingerprint density at radius 1 is 1.36 bits per heavy atom. The maximum atomic E-state index is 5.06. The van der Waals surface area contributed by atoms with E-state index in [1.165, 1.54) is 0 Å². The third-order valence-corrected chi connectivity index (χ3v) is 3.91. The van der Waals surface area contributed by atoms with E-state index in [4.69, 9.17) is 9.47 Å². The van der Waals surface area contributed by atoms with Gasteiger partial charge in [0.15, 0.2) is 0 Å². The van der Waals surface area contributed by atoms with Crippen molar-refractivity contribution in [2.75, 3.05) is 14.2 Å². The van der Waals surface area contributed by atoms with Crippen molar-refractivity contribution in [2.24, 2.45) is 0 Å². The molecule has 0 atom stereocenters. The fourth-order valence-electron chi connectivity index (χ4n) is 0.648. The van der Waals surface area contributed by atoms with Crippen LogP contribution in [0.3, 0.4) is 0 Å². The van der Waals surface area contributed by atoms with E-state index in [1.54, 1.807) is 14.2 Å². The number of ether oxygens (including phenoxy) is 2. The molecule has 4 heteroatoms. The van der Waals surface area contributed by atoms with E-state index >= 15 is 0 Å². The normalized spacial score (nSPS) is 10.6. The minimum absolute atomic E-state index is 0.0313. The molecule has 0 fully saturated rings. The highest BCUT2D eigenvalue weighted by atomic mass is 28.2. The average Bonchev–Trinajstić information content (AvgIpc) is 1.98. The molecule has 2 nitrogen and oxygen atoms in total. The van der Waals surface area contributed by atoms with E-state index in [0.717, 1.165) is 0 Å². The second-order valence-electron chi connectivity index (χ2n) is 2.49. The van der Waals surface area contributed by atoms with Crippen LogP contribution >= 0.6 is 0 Å². The second-order valence-corrected chi connectivity index (χ2v) is 6.32. The molecule has 0 aromatic rings. The van der Waals surface area contributed by atoms with Crippen LogP contribution in [0.25, 0.3) is 0 Å². The first kappa shape index (κ1) is 11.0. The van der Waals surface area contributed by atoms with E-state index in [2.05, 4.69) is 24.1 Å². The summed E-state index contributed by atoms with van der Waals surface area (Å²) in [5.74, 6) is 0.0313. The Bertz CT molecular complexity index is 154. The first-order chi connectivity index (χ1) is 5.20. The van der Waals surface area contributed by atoms with Crippen molar-refractivity contribution >= 4 is 23.3 Å². The Hall–Kier alpha value is 0.00377. The van der Waals surface area contributed by atoms with Crippen LogP contribution in [-0.2, 0) is 9.47 Å². The molecule has 0 amide bonds. The van der Waals surface area contributed by atoms with Gasteiger partial charge in [0.1, 0.15) is 15.4 Å². The molecular weight excluding hydrogens is 172 g/mol. The van der Waals surface area contributed by atoms with Gasteiger partial charge in [-0.15, -0.1) is 0 Å². The van der Waals surface area contributed by atoms with Crippen LogP contribution in [0.15, 0.2) is 5.70 Å². The van der Waals surface area contributed by atoms with Crippen molar-refractivity contribution in [2.45, 2.75) is 19.0 Å². The van der Waals surface area contributed by atoms with E-state index in [-0.39, 0.29) is 23.8 Å². The predicted octanol–water partition coefficient (Wildman–Crippen LogP) is -0.0175. The Morgan fingerprint density at radius 3 is 2.27 bits per heavy atom. The molecule has 0 aliphatic rings. The molecule has 0 N–H and O–H groups in total. The van der Waals surface area contributed by atoms with Gasteiger partial charge in [0, 0.05) is 14.2 Å². The van der Waals surface area contributed by atoms with Crippen molar-refractivity contribution in [1.29, 1.82) is 0 Å². The molecule has 0 radical (unpaired) electrons. The average molecular weight is 188 g/mol. The highest BCUT2D eigenvalue weighted by Crippen LogP contribution is 1.86. The van der Waals surface area contributed by atoms with Gasteiger partial charge in [0.25, 0.3) is 0 Å². The third kappa shape index (κ3) is 6.40. The van der Waals surface area contributed by atoms with Gasteiger partial charge in [-0.3, -0.25) is 0 Å². The topological polar surface area (TPSA) is 18.5 Å². The van der Waals surface area contributed by atoms with E-state index in [9.17, 15) is 0 Å². The molecule has 0 rings (SSSR count). The molecule has 0 heterocycles. The van der Waals surface area contributed by atoms with Crippen LogP contribution in [-0.4, -0.2) is 43.4 Å². The van der Waals surface area contributed by atoms with E-state index in [0.29, 0.717) is 0 Å². The first-order valence-electron chi connectivity index (χ1n) is 3.64. The third-order valence-electron chi connectivity index (χ3n) is 1.23. The van der Waals surface area contributed by atoms with Crippen LogP contribution < -0.4 is 0 Å². The van der Waals surface area contributed by atoms with Crippen LogP contribution in [0, 0.1) is 0 Å². The largest absolute Gasteiger partial charge is 0.360 e. The molecule has 11 heavy (non-hydrogen) atoms.